The molecular weight excluding hydrogens is 412 g/mol. The van der Waals surface area contributed by atoms with Gasteiger partial charge in [-0.3, -0.25) is 14.4 Å². The van der Waals surface area contributed by atoms with E-state index in [0.717, 1.165) is 55.2 Å². The number of hydrogen-bond donors (Lipinski definition) is 1. The predicted octanol–water partition coefficient (Wildman–Crippen LogP) is 3.96. The maximum absolute atomic E-state index is 12.7. The fraction of sp³-hybridized carbons (Fsp3) is 0.407. The van der Waals surface area contributed by atoms with Crippen LogP contribution < -0.4 is 10.1 Å². The van der Waals surface area contributed by atoms with E-state index in [4.69, 9.17) is 9.84 Å². The minimum Gasteiger partial charge on any atom is -0.493 e. The second-order valence-electron chi connectivity index (χ2n) is 8.94. The Bertz CT molecular complexity index is 1030. The summed E-state index contributed by atoms with van der Waals surface area (Å²) in [4.78, 5) is 14.9. The van der Waals surface area contributed by atoms with Crippen molar-refractivity contribution in [1.29, 1.82) is 0 Å². The van der Waals surface area contributed by atoms with E-state index in [0.29, 0.717) is 25.6 Å². The molecule has 33 heavy (non-hydrogen) atoms. The van der Waals surface area contributed by atoms with Gasteiger partial charge in [-0.15, -0.1) is 0 Å². The maximum atomic E-state index is 12.7. The van der Waals surface area contributed by atoms with Gasteiger partial charge in [0.25, 0.3) is 0 Å². The molecule has 1 aromatic heterocycles. The average Bonchev–Trinajstić information content (AvgIpc) is 3.10. The number of ether oxygens (including phenoxy) is 1. The first-order valence-electron chi connectivity index (χ1n) is 11.8. The number of carbonyl (C=O) groups excluding carboxylic acids is 1. The molecule has 6 nitrogen and oxygen atoms in total. The molecule has 1 aliphatic heterocycles. The number of nitrogens with one attached hydrogen (secondary N) is 1. The fourth-order valence-electron chi connectivity index (χ4n) is 4.51. The summed E-state index contributed by atoms with van der Waals surface area (Å²) in [7, 11) is 0. The molecule has 2 aromatic carbocycles. The van der Waals surface area contributed by atoms with Gasteiger partial charge in [0.05, 0.1) is 25.4 Å². The van der Waals surface area contributed by atoms with Crippen LogP contribution in [-0.4, -0.2) is 46.8 Å². The lowest BCUT2D eigenvalue weighted by Crippen LogP contribution is -2.43. The summed E-state index contributed by atoms with van der Waals surface area (Å²) in [5.41, 5.74) is 4.40. The van der Waals surface area contributed by atoms with Crippen LogP contribution in [0.15, 0.2) is 60.7 Å². The summed E-state index contributed by atoms with van der Waals surface area (Å²) < 4.78 is 7.96. The van der Waals surface area contributed by atoms with Gasteiger partial charge < -0.3 is 10.1 Å². The summed E-state index contributed by atoms with van der Waals surface area (Å²) in [6.07, 6.45) is 2.24. The Kier molecular flexibility index (Phi) is 7.79. The number of amides is 1. The van der Waals surface area contributed by atoms with Gasteiger partial charge in [-0.05, 0) is 50.9 Å². The second-order valence-corrected chi connectivity index (χ2v) is 8.94. The van der Waals surface area contributed by atoms with E-state index in [-0.39, 0.29) is 5.91 Å². The molecule has 1 fully saturated rings. The van der Waals surface area contributed by atoms with Crippen molar-refractivity contribution in [2.45, 2.75) is 39.8 Å². The van der Waals surface area contributed by atoms with Crippen molar-refractivity contribution in [3.8, 4) is 5.75 Å². The molecular formula is C27H34N4O2. The minimum atomic E-state index is 0.0641. The molecule has 6 heteroatoms. The van der Waals surface area contributed by atoms with Crippen LogP contribution in [0, 0.1) is 19.8 Å². The van der Waals surface area contributed by atoms with Crippen LogP contribution in [0.25, 0.3) is 0 Å². The SMILES string of the molecule is Cc1nn(Cc2ccccc2)c(C)c1CNC(=O)CN1CCCC(COc2ccccc2)C1. The zero-order chi connectivity index (χ0) is 23.0. The van der Waals surface area contributed by atoms with Crippen molar-refractivity contribution < 1.29 is 9.53 Å². The van der Waals surface area contributed by atoms with E-state index in [1.54, 1.807) is 0 Å². The first-order chi connectivity index (χ1) is 16.1. The van der Waals surface area contributed by atoms with Crippen molar-refractivity contribution >= 4 is 5.91 Å². The Morgan fingerprint density at radius 3 is 2.58 bits per heavy atom. The summed E-state index contributed by atoms with van der Waals surface area (Å²) in [5, 5.41) is 7.81. The molecule has 0 aliphatic carbocycles. The normalized spacial score (nSPS) is 16.5. The highest BCUT2D eigenvalue weighted by atomic mass is 16.5. The highest BCUT2D eigenvalue weighted by Crippen LogP contribution is 2.19. The number of aryl methyl sites for hydroxylation is 1. The number of piperidine rings is 1. The lowest BCUT2D eigenvalue weighted by molar-refractivity contribution is -0.122. The third-order valence-electron chi connectivity index (χ3n) is 6.37. The number of aromatic nitrogens is 2. The third kappa shape index (κ3) is 6.45. The van der Waals surface area contributed by atoms with Gasteiger partial charge in [0.1, 0.15) is 5.75 Å². The van der Waals surface area contributed by atoms with Crippen molar-refractivity contribution in [2.24, 2.45) is 5.92 Å². The average molecular weight is 447 g/mol. The van der Waals surface area contributed by atoms with Crippen LogP contribution in [-0.2, 0) is 17.9 Å². The summed E-state index contributed by atoms with van der Waals surface area (Å²) >= 11 is 0. The van der Waals surface area contributed by atoms with Gasteiger partial charge in [-0.25, -0.2) is 0 Å². The first-order valence-corrected chi connectivity index (χ1v) is 11.8. The van der Waals surface area contributed by atoms with Gasteiger partial charge in [0.2, 0.25) is 5.91 Å². The first kappa shape index (κ1) is 23.1. The minimum absolute atomic E-state index is 0.0641. The van der Waals surface area contributed by atoms with E-state index >= 15 is 0 Å². The highest BCUT2D eigenvalue weighted by Gasteiger charge is 2.22. The van der Waals surface area contributed by atoms with Crippen LogP contribution in [0.3, 0.4) is 0 Å². The number of rotatable bonds is 9. The molecule has 0 bridgehead atoms. The number of nitrogens with zero attached hydrogens (tertiary/aromatic N) is 3. The van der Waals surface area contributed by atoms with Crippen molar-refractivity contribution in [3.63, 3.8) is 0 Å². The lowest BCUT2D eigenvalue weighted by Gasteiger charge is -2.32. The summed E-state index contributed by atoms with van der Waals surface area (Å²) in [6.45, 7) is 8.32. The van der Waals surface area contributed by atoms with E-state index in [9.17, 15) is 4.79 Å². The summed E-state index contributed by atoms with van der Waals surface area (Å²) in [6, 6.07) is 20.3. The van der Waals surface area contributed by atoms with E-state index in [2.05, 4.69) is 29.3 Å². The quantitative estimate of drug-likeness (QED) is 0.541. The number of likely N-dealkylation sites (tertiary alicyclic amines) is 1. The van der Waals surface area contributed by atoms with Gasteiger partial charge in [0, 0.05) is 30.3 Å². The lowest BCUT2D eigenvalue weighted by atomic mass is 9.99. The molecule has 1 N–H and O–H groups in total. The smallest absolute Gasteiger partial charge is 0.234 e. The van der Waals surface area contributed by atoms with E-state index in [1.807, 2.05) is 60.1 Å². The summed E-state index contributed by atoms with van der Waals surface area (Å²) in [5.74, 6) is 1.42. The van der Waals surface area contributed by atoms with Gasteiger partial charge in [-0.1, -0.05) is 48.5 Å². The van der Waals surface area contributed by atoms with Crippen molar-refractivity contribution in [3.05, 3.63) is 83.2 Å². The highest BCUT2D eigenvalue weighted by molar-refractivity contribution is 5.78. The topological polar surface area (TPSA) is 59.4 Å². The molecule has 1 saturated heterocycles. The number of hydrogen-bond acceptors (Lipinski definition) is 4. The van der Waals surface area contributed by atoms with Crippen molar-refractivity contribution in [2.75, 3.05) is 26.2 Å². The maximum Gasteiger partial charge on any atom is 0.234 e. The van der Waals surface area contributed by atoms with E-state index < -0.39 is 0 Å². The molecule has 1 amide bonds. The molecule has 174 valence electrons. The molecule has 1 aliphatic rings. The van der Waals surface area contributed by atoms with Crippen LogP contribution in [0.1, 0.15) is 35.4 Å². The van der Waals surface area contributed by atoms with Crippen LogP contribution in [0.4, 0.5) is 0 Å². The molecule has 0 saturated carbocycles. The Balaban J connectivity index is 1.25. The van der Waals surface area contributed by atoms with Crippen LogP contribution in [0.2, 0.25) is 0 Å². The number of carbonyl (C=O) groups is 1. The third-order valence-corrected chi connectivity index (χ3v) is 6.37. The van der Waals surface area contributed by atoms with Gasteiger partial charge in [0.15, 0.2) is 0 Å². The van der Waals surface area contributed by atoms with Crippen molar-refractivity contribution in [1.82, 2.24) is 20.0 Å². The molecule has 0 spiro atoms. The molecule has 3 aromatic rings. The Hall–Kier alpha value is -3.12. The second kappa shape index (κ2) is 11.1. The Labute approximate surface area is 196 Å². The van der Waals surface area contributed by atoms with E-state index in [1.165, 1.54) is 5.56 Å². The Morgan fingerprint density at radius 2 is 1.82 bits per heavy atom. The molecule has 1 unspecified atom stereocenters. The molecule has 0 radical (unpaired) electrons. The fourth-order valence-corrected chi connectivity index (χ4v) is 4.51. The van der Waals surface area contributed by atoms with Gasteiger partial charge in [-0.2, -0.15) is 5.10 Å². The van der Waals surface area contributed by atoms with Crippen LogP contribution in [0.5, 0.6) is 5.75 Å². The van der Waals surface area contributed by atoms with Crippen LogP contribution >= 0.6 is 0 Å². The molecule has 1 atom stereocenters. The Morgan fingerprint density at radius 1 is 1.09 bits per heavy atom. The zero-order valence-electron chi connectivity index (χ0n) is 19.7. The predicted molar refractivity (Wildman–Crippen MR) is 130 cm³/mol. The molecule has 2 heterocycles. The monoisotopic (exact) mass is 446 g/mol. The number of para-hydroxylation sites is 1. The standard InChI is InChI=1S/C27H34N4O2/c1-21-26(22(2)31(29-21)18-23-10-5-3-6-11-23)16-28-27(32)19-30-15-9-12-24(17-30)20-33-25-13-7-4-8-14-25/h3-8,10-11,13-14,24H,9,12,15-20H2,1-2H3,(H,28,32). The number of benzene rings is 2. The van der Waals surface area contributed by atoms with Gasteiger partial charge >= 0.3 is 0 Å². The zero-order valence-corrected chi connectivity index (χ0v) is 19.7. The molecule has 4 rings (SSSR count). The largest absolute Gasteiger partial charge is 0.493 e.